The second-order valence-corrected chi connectivity index (χ2v) is 13.0. The summed E-state index contributed by atoms with van der Waals surface area (Å²) in [6, 6.07) is 11.7. The molecule has 2 aromatic carbocycles. The van der Waals surface area contributed by atoms with Gasteiger partial charge in [-0.2, -0.15) is 0 Å². The zero-order valence-electron chi connectivity index (χ0n) is 21.9. The molecule has 12 heteroatoms. The van der Waals surface area contributed by atoms with Crippen LogP contribution in [0.4, 0.5) is 17.1 Å². The number of ether oxygens (including phenoxy) is 1. The molecule has 9 nitrogen and oxygen atoms in total. The number of nitrogens with one attached hydrogen (secondary N) is 3. The number of carbonyl (C=O) groups excluding carboxylic acids is 2. The molecule has 0 radical (unpaired) electrons. The highest BCUT2D eigenvalue weighted by Gasteiger charge is 2.23. The molecule has 0 fully saturated rings. The Balaban J connectivity index is 1.72. The normalized spacial score (nSPS) is 11.7. The number of amides is 2. The SMILES string of the molecule is COc1c(NC(=O)c2cc3c(Cl)ccc(NC(=O)c4cccnc4)c3s2)cc(C(C)(C)C)cc1NS(C)(=O)=O. The van der Waals surface area contributed by atoms with Gasteiger partial charge in [-0.3, -0.25) is 19.3 Å². The van der Waals surface area contributed by atoms with Gasteiger partial charge in [0.2, 0.25) is 10.0 Å². The molecular weight excluding hydrogens is 560 g/mol. The minimum absolute atomic E-state index is 0.172. The predicted octanol–water partition coefficient (Wildman–Crippen LogP) is 6.13. The smallest absolute Gasteiger partial charge is 0.265 e. The number of pyridine rings is 1. The number of benzene rings is 2. The largest absolute Gasteiger partial charge is 0.492 e. The molecule has 0 saturated carbocycles. The molecule has 0 aliphatic heterocycles. The van der Waals surface area contributed by atoms with Gasteiger partial charge in [0.25, 0.3) is 11.8 Å². The second kappa shape index (κ2) is 10.8. The number of hydrogen-bond donors (Lipinski definition) is 3. The van der Waals surface area contributed by atoms with Crippen LogP contribution in [0.3, 0.4) is 0 Å². The lowest BCUT2D eigenvalue weighted by Gasteiger charge is -2.23. The third-order valence-electron chi connectivity index (χ3n) is 5.73. The number of fused-ring (bicyclic) bond motifs is 1. The standard InChI is InChI=1S/C27H27ClN4O5S2/c1-27(2,3)16-11-20(23(37-4)21(12-16)32-39(5,35)36)31-26(34)22-13-17-18(28)8-9-19(24(17)38-22)30-25(33)15-7-6-10-29-14-15/h6-14,32H,1-5H3,(H,30,33)(H,31,34). The molecule has 0 unspecified atom stereocenters. The third-order valence-corrected chi connectivity index (χ3v) is 7.82. The van der Waals surface area contributed by atoms with E-state index in [4.69, 9.17) is 16.3 Å². The Morgan fingerprint density at radius 3 is 2.31 bits per heavy atom. The molecular formula is C27H27ClN4O5S2. The molecule has 0 saturated heterocycles. The average Bonchev–Trinajstić information content (AvgIpc) is 3.31. The van der Waals surface area contributed by atoms with E-state index in [0.717, 1.165) is 23.2 Å². The number of carbonyl (C=O) groups is 2. The van der Waals surface area contributed by atoms with Crippen molar-refractivity contribution in [2.45, 2.75) is 26.2 Å². The fraction of sp³-hybridized carbons (Fsp3) is 0.222. The average molecular weight is 587 g/mol. The highest BCUT2D eigenvalue weighted by Crippen LogP contribution is 2.41. The molecule has 204 valence electrons. The minimum atomic E-state index is -3.62. The van der Waals surface area contributed by atoms with Crippen LogP contribution in [0, 0.1) is 0 Å². The van der Waals surface area contributed by atoms with E-state index in [1.807, 2.05) is 20.8 Å². The number of hydrogen-bond acceptors (Lipinski definition) is 7. The topological polar surface area (TPSA) is 126 Å². The first-order valence-corrected chi connectivity index (χ1v) is 14.8. The molecule has 4 rings (SSSR count). The van der Waals surface area contributed by atoms with Crippen LogP contribution < -0.4 is 20.1 Å². The van der Waals surface area contributed by atoms with Crippen LogP contribution in [0.5, 0.6) is 5.75 Å². The lowest BCUT2D eigenvalue weighted by atomic mass is 9.86. The molecule has 2 amide bonds. The number of halogens is 1. The van der Waals surface area contributed by atoms with Crippen LogP contribution in [0.2, 0.25) is 5.02 Å². The van der Waals surface area contributed by atoms with Gasteiger partial charge >= 0.3 is 0 Å². The van der Waals surface area contributed by atoms with E-state index in [1.165, 1.54) is 13.3 Å². The van der Waals surface area contributed by atoms with Crippen LogP contribution in [-0.2, 0) is 15.4 Å². The number of aromatic nitrogens is 1. The number of anilines is 3. The van der Waals surface area contributed by atoms with Gasteiger partial charge in [-0.25, -0.2) is 8.42 Å². The molecule has 0 aliphatic carbocycles. The van der Waals surface area contributed by atoms with Gasteiger partial charge in [0.05, 0.1) is 45.6 Å². The van der Waals surface area contributed by atoms with Crippen LogP contribution in [0.1, 0.15) is 46.4 Å². The molecule has 3 N–H and O–H groups in total. The van der Waals surface area contributed by atoms with E-state index < -0.39 is 15.9 Å². The first-order valence-electron chi connectivity index (χ1n) is 11.7. The van der Waals surface area contributed by atoms with E-state index in [-0.39, 0.29) is 22.8 Å². The Morgan fingerprint density at radius 2 is 1.69 bits per heavy atom. The number of sulfonamides is 1. The Hall–Kier alpha value is -3.67. The number of rotatable bonds is 7. The molecule has 39 heavy (non-hydrogen) atoms. The van der Waals surface area contributed by atoms with Gasteiger partial charge in [0.1, 0.15) is 0 Å². The van der Waals surface area contributed by atoms with Crippen LogP contribution in [0.25, 0.3) is 10.1 Å². The van der Waals surface area contributed by atoms with E-state index in [2.05, 4.69) is 20.3 Å². The maximum Gasteiger partial charge on any atom is 0.265 e. The fourth-order valence-electron chi connectivity index (χ4n) is 3.83. The van der Waals surface area contributed by atoms with Crippen molar-refractivity contribution < 1.29 is 22.7 Å². The fourth-order valence-corrected chi connectivity index (χ4v) is 5.69. The number of methoxy groups -OCH3 is 1. The summed E-state index contributed by atoms with van der Waals surface area (Å²) in [5.74, 6) is -0.627. The number of thiophene rings is 1. The molecule has 2 aromatic heterocycles. The van der Waals surface area contributed by atoms with Crippen molar-refractivity contribution in [1.82, 2.24) is 4.98 Å². The summed E-state index contributed by atoms with van der Waals surface area (Å²) in [5, 5.41) is 6.74. The molecule has 2 heterocycles. The monoisotopic (exact) mass is 586 g/mol. The van der Waals surface area contributed by atoms with Crippen molar-refractivity contribution in [3.63, 3.8) is 0 Å². The van der Waals surface area contributed by atoms with E-state index >= 15 is 0 Å². The van der Waals surface area contributed by atoms with Gasteiger partial charge in [-0.15, -0.1) is 11.3 Å². The van der Waals surface area contributed by atoms with Crippen molar-refractivity contribution in [3.05, 3.63) is 75.9 Å². The first-order chi connectivity index (χ1) is 18.3. The maximum atomic E-state index is 13.4. The minimum Gasteiger partial charge on any atom is -0.492 e. The van der Waals surface area contributed by atoms with Crippen molar-refractivity contribution in [2.75, 3.05) is 28.7 Å². The van der Waals surface area contributed by atoms with Crippen LogP contribution in [-0.4, -0.2) is 38.6 Å². The van der Waals surface area contributed by atoms with Gasteiger partial charge < -0.3 is 15.4 Å². The van der Waals surface area contributed by atoms with E-state index in [9.17, 15) is 18.0 Å². The Labute approximate surface area is 235 Å². The van der Waals surface area contributed by atoms with Crippen LogP contribution >= 0.6 is 22.9 Å². The summed E-state index contributed by atoms with van der Waals surface area (Å²) in [6.07, 6.45) is 4.08. The van der Waals surface area contributed by atoms with Crippen molar-refractivity contribution in [1.29, 1.82) is 0 Å². The van der Waals surface area contributed by atoms with Crippen molar-refractivity contribution in [3.8, 4) is 5.75 Å². The van der Waals surface area contributed by atoms with Gasteiger partial charge in [0, 0.05) is 22.8 Å². The lowest BCUT2D eigenvalue weighted by molar-refractivity contribution is 0.102. The van der Waals surface area contributed by atoms with Gasteiger partial charge in [-0.05, 0) is 53.4 Å². The quantitative estimate of drug-likeness (QED) is 0.239. The zero-order valence-corrected chi connectivity index (χ0v) is 24.3. The third kappa shape index (κ3) is 6.49. The van der Waals surface area contributed by atoms with Gasteiger partial charge in [-0.1, -0.05) is 32.4 Å². The van der Waals surface area contributed by atoms with Crippen LogP contribution in [0.15, 0.2) is 54.9 Å². The lowest BCUT2D eigenvalue weighted by Crippen LogP contribution is -2.18. The van der Waals surface area contributed by atoms with Crippen molar-refractivity contribution in [2.24, 2.45) is 0 Å². The van der Waals surface area contributed by atoms with E-state index in [0.29, 0.717) is 36.9 Å². The molecule has 0 atom stereocenters. The molecule has 0 spiro atoms. The first kappa shape index (κ1) is 28.3. The second-order valence-electron chi connectivity index (χ2n) is 9.83. The Bertz CT molecular complexity index is 1680. The highest BCUT2D eigenvalue weighted by molar-refractivity contribution is 7.92. The summed E-state index contributed by atoms with van der Waals surface area (Å²) in [4.78, 5) is 30.5. The maximum absolute atomic E-state index is 13.4. The highest BCUT2D eigenvalue weighted by atomic mass is 35.5. The van der Waals surface area contributed by atoms with Crippen molar-refractivity contribution >= 4 is 71.9 Å². The summed E-state index contributed by atoms with van der Waals surface area (Å²) in [7, 11) is -2.23. The summed E-state index contributed by atoms with van der Waals surface area (Å²) >= 11 is 7.59. The molecule has 0 aliphatic rings. The number of nitrogens with zero attached hydrogens (tertiary/aromatic N) is 1. The van der Waals surface area contributed by atoms with Gasteiger partial charge in [0.15, 0.2) is 5.75 Å². The summed E-state index contributed by atoms with van der Waals surface area (Å²) in [6.45, 7) is 5.92. The zero-order chi connectivity index (χ0) is 28.5. The predicted molar refractivity (Wildman–Crippen MR) is 157 cm³/mol. The Morgan fingerprint density at radius 1 is 1.00 bits per heavy atom. The molecule has 0 bridgehead atoms. The Kier molecular flexibility index (Phi) is 7.87. The summed E-state index contributed by atoms with van der Waals surface area (Å²) < 4.78 is 32.6. The molecule has 4 aromatic rings. The van der Waals surface area contributed by atoms with E-state index in [1.54, 1.807) is 48.7 Å². The summed E-state index contributed by atoms with van der Waals surface area (Å²) in [5.41, 5.74) is 1.83.